The van der Waals surface area contributed by atoms with Crippen LogP contribution in [0.3, 0.4) is 0 Å². The Labute approximate surface area is 107 Å². The predicted molar refractivity (Wildman–Crippen MR) is 72.9 cm³/mol. The third-order valence-electron chi connectivity index (χ3n) is 2.76. The summed E-state index contributed by atoms with van der Waals surface area (Å²) in [6.07, 6.45) is 0. The van der Waals surface area contributed by atoms with E-state index in [1.54, 1.807) is 0 Å². The maximum absolute atomic E-state index is 11.7. The van der Waals surface area contributed by atoms with Gasteiger partial charge in [0.25, 0.3) is 5.56 Å². The summed E-state index contributed by atoms with van der Waals surface area (Å²) in [4.78, 5) is 15.9. The summed E-state index contributed by atoms with van der Waals surface area (Å²) in [5.41, 5.74) is 3.22. The van der Waals surface area contributed by atoms with Crippen LogP contribution in [0.1, 0.15) is 10.6 Å². The van der Waals surface area contributed by atoms with Crippen molar-refractivity contribution in [3.05, 3.63) is 45.2 Å². The van der Waals surface area contributed by atoms with Crippen LogP contribution in [0.25, 0.3) is 21.5 Å². The van der Waals surface area contributed by atoms with Gasteiger partial charge in [0.05, 0.1) is 9.71 Å². The number of aryl methyl sites for hydroxylation is 2. The van der Waals surface area contributed by atoms with Gasteiger partial charge in [-0.2, -0.15) is 5.10 Å². The first-order valence-corrected chi connectivity index (χ1v) is 6.39. The van der Waals surface area contributed by atoms with E-state index >= 15 is 0 Å². The third-order valence-corrected chi connectivity index (χ3v) is 3.74. The first-order valence-electron chi connectivity index (χ1n) is 5.58. The van der Waals surface area contributed by atoms with E-state index in [0.717, 1.165) is 21.0 Å². The number of hydrogen-bond acceptors (Lipinski definition) is 4. The van der Waals surface area contributed by atoms with Crippen molar-refractivity contribution in [3.63, 3.8) is 0 Å². The minimum absolute atomic E-state index is 0.231. The van der Waals surface area contributed by atoms with Crippen molar-refractivity contribution < 1.29 is 0 Å². The quantitative estimate of drug-likeness (QED) is 0.729. The second-order valence-electron chi connectivity index (χ2n) is 4.18. The Balaban J connectivity index is 2.32. The molecule has 0 spiro atoms. The molecule has 0 aliphatic heterocycles. The molecule has 3 rings (SSSR count). The molecule has 0 saturated heterocycles. The zero-order valence-corrected chi connectivity index (χ0v) is 10.8. The van der Waals surface area contributed by atoms with E-state index < -0.39 is 0 Å². The molecule has 0 saturated carbocycles. The lowest BCUT2D eigenvalue weighted by atomic mass is 10.1. The zero-order chi connectivity index (χ0) is 12.7. The number of nitrogens with zero attached hydrogens (tertiary/aromatic N) is 2. The van der Waals surface area contributed by atoms with E-state index in [4.69, 9.17) is 0 Å². The Bertz CT molecular complexity index is 771. The molecule has 1 aromatic carbocycles. The standard InChI is InChI=1S/C13H11N3OS/c1-7-3-5-9(6-4-7)10-12-11(13(17)16-15-10)14-8(2)18-12/h3-6H,1-2H3,(H,16,17). The van der Waals surface area contributed by atoms with Gasteiger partial charge in [-0.1, -0.05) is 29.8 Å². The zero-order valence-electron chi connectivity index (χ0n) is 10.0. The number of H-pyrrole nitrogens is 1. The number of thiazole rings is 1. The number of aromatic amines is 1. The number of fused-ring (bicyclic) bond motifs is 1. The molecule has 4 nitrogen and oxygen atoms in total. The van der Waals surface area contributed by atoms with Crippen LogP contribution in [0, 0.1) is 13.8 Å². The molecule has 0 aliphatic carbocycles. The second kappa shape index (κ2) is 4.03. The van der Waals surface area contributed by atoms with E-state index in [2.05, 4.69) is 15.2 Å². The Morgan fingerprint density at radius 3 is 2.61 bits per heavy atom. The predicted octanol–water partition coefficient (Wildman–Crippen LogP) is 2.66. The fourth-order valence-electron chi connectivity index (χ4n) is 1.86. The van der Waals surface area contributed by atoms with Crippen molar-refractivity contribution >= 4 is 21.6 Å². The molecular formula is C13H11N3OS. The first kappa shape index (κ1) is 11.1. The number of hydrogen-bond donors (Lipinski definition) is 1. The van der Waals surface area contributed by atoms with Crippen LogP contribution in [0.2, 0.25) is 0 Å². The highest BCUT2D eigenvalue weighted by atomic mass is 32.1. The maximum Gasteiger partial charge on any atom is 0.291 e. The largest absolute Gasteiger partial charge is 0.291 e. The molecule has 0 aliphatic rings. The Hall–Kier alpha value is -2.01. The van der Waals surface area contributed by atoms with Crippen molar-refractivity contribution in [3.8, 4) is 11.3 Å². The number of nitrogens with one attached hydrogen (secondary N) is 1. The Morgan fingerprint density at radius 2 is 1.89 bits per heavy atom. The molecular weight excluding hydrogens is 246 g/mol. The average Bonchev–Trinajstić information content (AvgIpc) is 2.74. The van der Waals surface area contributed by atoms with Crippen molar-refractivity contribution in [1.29, 1.82) is 0 Å². The summed E-state index contributed by atoms with van der Waals surface area (Å²) in [7, 11) is 0. The van der Waals surface area contributed by atoms with Gasteiger partial charge >= 0.3 is 0 Å². The van der Waals surface area contributed by atoms with Gasteiger partial charge < -0.3 is 0 Å². The number of benzene rings is 1. The van der Waals surface area contributed by atoms with Crippen LogP contribution in [0.15, 0.2) is 29.1 Å². The van der Waals surface area contributed by atoms with Gasteiger partial charge in [0.2, 0.25) is 0 Å². The Kier molecular flexibility index (Phi) is 2.48. The lowest BCUT2D eigenvalue weighted by molar-refractivity contribution is 1.01. The summed E-state index contributed by atoms with van der Waals surface area (Å²) >= 11 is 1.50. The van der Waals surface area contributed by atoms with Crippen LogP contribution in [-0.4, -0.2) is 15.2 Å². The van der Waals surface area contributed by atoms with Gasteiger partial charge in [-0.25, -0.2) is 10.1 Å². The Morgan fingerprint density at radius 1 is 1.17 bits per heavy atom. The third kappa shape index (κ3) is 1.73. The maximum atomic E-state index is 11.7. The molecule has 0 unspecified atom stereocenters. The van der Waals surface area contributed by atoms with E-state index in [-0.39, 0.29) is 5.56 Å². The molecule has 18 heavy (non-hydrogen) atoms. The minimum atomic E-state index is -0.231. The molecule has 90 valence electrons. The van der Waals surface area contributed by atoms with Crippen molar-refractivity contribution in [2.45, 2.75) is 13.8 Å². The average molecular weight is 257 g/mol. The lowest BCUT2D eigenvalue weighted by Gasteiger charge is -2.01. The molecule has 0 radical (unpaired) electrons. The second-order valence-corrected chi connectivity index (χ2v) is 5.38. The highest BCUT2D eigenvalue weighted by Crippen LogP contribution is 2.28. The van der Waals surface area contributed by atoms with Gasteiger partial charge in [0, 0.05) is 5.56 Å². The van der Waals surface area contributed by atoms with Gasteiger partial charge in [0.1, 0.15) is 5.69 Å². The molecule has 0 fully saturated rings. The van der Waals surface area contributed by atoms with E-state index in [0.29, 0.717) is 5.52 Å². The molecule has 5 heteroatoms. The summed E-state index contributed by atoms with van der Waals surface area (Å²) in [5.74, 6) is 0. The molecule has 2 aromatic heterocycles. The van der Waals surface area contributed by atoms with E-state index in [9.17, 15) is 4.79 Å². The van der Waals surface area contributed by atoms with Gasteiger partial charge in [-0.15, -0.1) is 11.3 Å². The topological polar surface area (TPSA) is 58.6 Å². The fraction of sp³-hybridized carbons (Fsp3) is 0.154. The van der Waals surface area contributed by atoms with Crippen molar-refractivity contribution in [2.75, 3.05) is 0 Å². The minimum Gasteiger partial charge on any atom is -0.265 e. The summed E-state index contributed by atoms with van der Waals surface area (Å²) < 4.78 is 0.847. The van der Waals surface area contributed by atoms with Gasteiger partial charge in [-0.3, -0.25) is 4.79 Å². The van der Waals surface area contributed by atoms with Crippen LogP contribution in [0.4, 0.5) is 0 Å². The van der Waals surface area contributed by atoms with Crippen LogP contribution in [-0.2, 0) is 0 Å². The van der Waals surface area contributed by atoms with Gasteiger partial charge in [-0.05, 0) is 13.8 Å². The fourth-order valence-corrected chi connectivity index (χ4v) is 2.79. The molecule has 3 aromatic rings. The van der Waals surface area contributed by atoms with Gasteiger partial charge in [0.15, 0.2) is 5.52 Å². The highest BCUT2D eigenvalue weighted by Gasteiger charge is 2.12. The highest BCUT2D eigenvalue weighted by molar-refractivity contribution is 7.19. The SMILES string of the molecule is Cc1ccc(-c2n[nH]c(=O)c3nc(C)sc23)cc1. The lowest BCUT2D eigenvalue weighted by Crippen LogP contribution is -2.09. The summed E-state index contributed by atoms with van der Waals surface area (Å²) in [6, 6.07) is 8.07. The number of aromatic nitrogens is 3. The van der Waals surface area contributed by atoms with E-state index in [1.807, 2.05) is 38.1 Å². The van der Waals surface area contributed by atoms with E-state index in [1.165, 1.54) is 16.9 Å². The smallest absolute Gasteiger partial charge is 0.265 e. The first-order chi connectivity index (χ1) is 8.65. The molecule has 2 heterocycles. The van der Waals surface area contributed by atoms with Crippen LogP contribution >= 0.6 is 11.3 Å². The van der Waals surface area contributed by atoms with Crippen molar-refractivity contribution in [1.82, 2.24) is 15.2 Å². The summed E-state index contributed by atoms with van der Waals surface area (Å²) in [5, 5.41) is 7.53. The molecule has 1 N–H and O–H groups in total. The monoisotopic (exact) mass is 257 g/mol. The molecule has 0 atom stereocenters. The molecule has 0 bridgehead atoms. The summed E-state index contributed by atoms with van der Waals surface area (Å²) in [6.45, 7) is 3.93. The van der Waals surface area contributed by atoms with Crippen molar-refractivity contribution in [2.24, 2.45) is 0 Å². The van der Waals surface area contributed by atoms with Crippen LogP contribution < -0.4 is 5.56 Å². The number of rotatable bonds is 1. The normalized spacial score (nSPS) is 11.0. The molecule has 0 amide bonds. The van der Waals surface area contributed by atoms with Crippen LogP contribution in [0.5, 0.6) is 0 Å².